The largest absolute Gasteiger partial charge is 0.483 e. The van der Waals surface area contributed by atoms with Gasteiger partial charge in [-0.25, -0.2) is 4.79 Å². The number of amides is 1. The summed E-state index contributed by atoms with van der Waals surface area (Å²) in [7, 11) is 0. The Morgan fingerprint density at radius 2 is 2.14 bits per heavy atom. The van der Waals surface area contributed by atoms with Gasteiger partial charge in [0.2, 0.25) is 0 Å². The minimum atomic E-state index is -1.03. The first-order valence-electron chi connectivity index (χ1n) is 6.32. The zero-order valence-electron chi connectivity index (χ0n) is 11.5. The number of carboxylic acids is 1. The molecule has 0 aliphatic carbocycles. The van der Waals surface area contributed by atoms with E-state index in [0.29, 0.717) is 12.3 Å². The molecule has 0 aliphatic heterocycles. The maximum Gasteiger partial charge on any atom is 0.335 e. The van der Waals surface area contributed by atoms with Crippen molar-refractivity contribution in [3.05, 3.63) is 51.7 Å². The normalized spacial score (nSPS) is 10.1. The molecular formula is C15H15NO4S. The summed E-state index contributed by atoms with van der Waals surface area (Å²) in [6.07, 6.45) is 0. The van der Waals surface area contributed by atoms with E-state index in [1.165, 1.54) is 12.1 Å². The van der Waals surface area contributed by atoms with Crippen LogP contribution in [-0.2, 0) is 11.3 Å². The quantitative estimate of drug-likeness (QED) is 0.859. The number of carbonyl (C=O) groups is 2. The Balaban J connectivity index is 1.88. The van der Waals surface area contributed by atoms with E-state index in [9.17, 15) is 9.59 Å². The Hall–Kier alpha value is -2.34. The third kappa shape index (κ3) is 4.32. The molecule has 0 radical (unpaired) electrons. The lowest BCUT2D eigenvalue weighted by molar-refractivity contribution is -0.123. The Morgan fingerprint density at radius 1 is 1.33 bits per heavy atom. The highest BCUT2D eigenvalue weighted by Gasteiger charge is 2.09. The van der Waals surface area contributed by atoms with E-state index >= 15 is 0 Å². The highest BCUT2D eigenvalue weighted by molar-refractivity contribution is 7.09. The summed E-state index contributed by atoms with van der Waals surface area (Å²) in [4.78, 5) is 23.7. The summed E-state index contributed by atoms with van der Waals surface area (Å²) in [5.41, 5.74) is 0.917. The number of nitrogens with one attached hydrogen (secondary N) is 1. The number of hydrogen-bond acceptors (Lipinski definition) is 4. The predicted molar refractivity (Wildman–Crippen MR) is 79.8 cm³/mol. The molecule has 110 valence electrons. The lowest BCUT2D eigenvalue weighted by Gasteiger charge is -2.10. The molecular weight excluding hydrogens is 290 g/mol. The second-order valence-electron chi connectivity index (χ2n) is 4.43. The van der Waals surface area contributed by atoms with Crippen LogP contribution in [0.1, 0.15) is 20.8 Å². The number of aromatic carboxylic acids is 1. The summed E-state index contributed by atoms with van der Waals surface area (Å²) in [6.45, 7) is 2.12. The number of carboxylic acid groups (broad SMARTS) is 1. The zero-order valence-corrected chi connectivity index (χ0v) is 12.3. The molecule has 21 heavy (non-hydrogen) atoms. The number of carbonyl (C=O) groups excluding carboxylic acids is 1. The molecule has 6 heteroatoms. The van der Waals surface area contributed by atoms with Crippen LogP contribution in [0.2, 0.25) is 0 Å². The van der Waals surface area contributed by atoms with Crippen molar-refractivity contribution in [3.63, 3.8) is 0 Å². The van der Waals surface area contributed by atoms with E-state index in [1.54, 1.807) is 24.3 Å². The van der Waals surface area contributed by atoms with Gasteiger partial charge in [-0.3, -0.25) is 4.79 Å². The first-order valence-corrected chi connectivity index (χ1v) is 7.20. The number of aryl methyl sites for hydroxylation is 1. The standard InChI is InChI=1S/C15H15NO4S/c1-10-4-5-11(15(18)19)7-13(10)20-9-14(17)16-8-12-3-2-6-21-12/h2-7H,8-9H2,1H3,(H,16,17)(H,18,19). The highest BCUT2D eigenvalue weighted by atomic mass is 32.1. The second-order valence-corrected chi connectivity index (χ2v) is 5.46. The molecule has 2 N–H and O–H groups in total. The molecule has 1 aromatic heterocycles. The van der Waals surface area contributed by atoms with E-state index in [2.05, 4.69) is 5.32 Å². The van der Waals surface area contributed by atoms with Gasteiger partial charge in [0.15, 0.2) is 6.61 Å². The van der Waals surface area contributed by atoms with Crippen molar-refractivity contribution in [2.45, 2.75) is 13.5 Å². The molecule has 0 fully saturated rings. The summed E-state index contributed by atoms with van der Waals surface area (Å²) < 4.78 is 5.39. The lowest BCUT2D eigenvalue weighted by Crippen LogP contribution is -2.28. The molecule has 0 aliphatic rings. The van der Waals surface area contributed by atoms with Crippen LogP contribution in [0.5, 0.6) is 5.75 Å². The molecule has 0 bridgehead atoms. The molecule has 5 nitrogen and oxygen atoms in total. The number of benzene rings is 1. The van der Waals surface area contributed by atoms with E-state index in [1.807, 2.05) is 17.5 Å². The van der Waals surface area contributed by atoms with E-state index in [0.717, 1.165) is 10.4 Å². The van der Waals surface area contributed by atoms with Crippen LogP contribution in [0.25, 0.3) is 0 Å². The van der Waals surface area contributed by atoms with E-state index in [4.69, 9.17) is 9.84 Å². The van der Waals surface area contributed by atoms with Gasteiger partial charge in [0.05, 0.1) is 12.1 Å². The summed E-state index contributed by atoms with van der Waals surface area (Å²) >= 11 is 1.57. The van der Waals surface area contributed by atoms with Crippen molar-refractivity contribution < 1.29 is 19.4 Å². The lowest BCUT2D eigenvalue weighted by atomic mass is 10.1. The molecule has 1 amide bonds. The van der Waals surface area contributed by atoms with Gasteiger partial charge in [-0.15, -0.1) is 11.3 Å². The van der Waals surface area contributed by atoms with Crippen LogP contribution in [0.15, 0.2) is 35.7 Å². The number of thiophene rings is 1. The zero-order chi connectivity index (χ0) is 15.2. The van der Waals surface area contributed by atoms with Gasteiger partial charge in [-0.2, -0.15) is 0 Å². The van der Waals surface area contributed by atoms with Crippen molar-refractivity contribution in [1.29, 1.82) is 0 Å². The van der Waals surface area contributed by atoms with E-state index in [-0.39, 0.29) is 18.1 Å². The van der Waals surface area contributed by atoms with Crippen molar-refractivity contribution in [3.8, 4) is 5.75 Å². The molecule has 1 aromatic carbocycles. The maximum absolute atomic E-state index is 11.7. The molecule has 0 spiro atoms. The topological polar surface area (TPSA) is 75.6 Å². The first-order chi connectivity index (χ1) is 10.1. The second kappa shape index (κ2) is 6.90. The van der Waals surface area contributed by atoms with Crippen LogP contribution in [0, 0.1) is 6.92 Å². The Labute approximate surface area is 126 Å². The van der Waals surface area contributed by atoms with Gasteiger partial charge in [0.1, 0.15) is 5.75 Å². The molecule has 0 saturated carbocycles. The van der Waals surface area contributed by atoms with Gasteiger partial charge >= 0.3 is 5.97 Å². The molecule has 2 aromatic rings. The minimum absolute atomic E-state index is 0.134. The van der Waals surface area contributed by atoms with Crippen LogP contribution >= 0.6 is 11.3 Å². The average molecular weight is 305 g/mol. The van der Waals surface area contributed by atoms with Gasteiger partial charge < -0.3 is 15.2 Å². The fraction of sp³-hybridized carbons (Fsp3) is 0.200. The SMILES string of the molecule is Cc1ccc(C(=O)O)cc1OCC(=O)NCc1cccs1. The predicted octanol–water partition coefficient (Wildman–Crippen LogP) is 2.45. The molecule has 0 unspecified atom stereocenters. The fourth-order valence-electron chi connectivity index (χ4n) is 1.68. The number of hydrogen-bond donors (Lipinski definition) is 2. The Morgan fingerprint density at radius 3 is 2.81 bits per heavy atom. The summed E-state index contributed by atoms with van der Waals surface area (Å²) in [6, 6.07) is 8.43. The van der Waals surface area contributed by atoms with Gasteiger partial charge in [-0.05, 0) is 36.1 Å². The van der Waals surface area contributed by atoms with E-state index < -0.39 is 5.97 Å². The van der Waals surface area contributed by atoms with Gasteiger partial charge in [0, 0.05) is 4.88 Å². The van der Waals surface area contributed by atoms with Gasteiger partial charge in [-0.1, -0.05) is 12.1 Å². The van der Waals surface area contributed by atoms with Crippen molar-refractivity contribution in [2.24, 2.45) is 0 Å². The molecule has 2 rings (SSSR count). The monoisotopic (exact) mass is 305 g/mol. The van der Waals surface area contributed by atoms with Crippen LogP contribution in [-0.4, -0.2) is 23.6 Å². The van der Waals surface area contributed by atoms with Crippen LogP contribution < -0.4 is 10.1 Å². The first kappa shape index (κ1) is 15.1. The summed E-state index contributed by atoms with van der Waals surface area (Å²) in [5.74, 6) is -0.869. The third-order valence-electron chi connectivity index (χ3n) is 2.83. The minimum Gasteiger partial charge on any atom is -0.483 e. The molecule has 0 atom stereocenters. The highest BCUT2D eigenvalue weighted by Crippen LogP contribution is 2.19. The fourth-order valence-corrected chi connectivity index (χ4v) is 2.33. The Bertz CT molecular complexity index is 637. The van der Waals surface area contributed by atoms with Crippen LogP contribution in [0.3, 0.4) is 0 Å². The Kier molecular flexibility index (Phi) is 4.94. The van der Waals surface area contributed by atoms with Crippen LogP contribution in [0.4, 0.5) is 0 Å². The number of ether oxygens (including phenoxy) is 1. The van der Waals surface area contributed by atoms with Crippen molar-refractivity contribution in [2.75, 3.05) is 6.61 Å². The van der Waals surface area contributed by atoms with Gasteiger partial charge in [0.25, 0.3) is 5.91 Å². The number of rotatable bonds is 6. The summed E-state index contributed by atoms with van der Waals surface area (Å²) in [5, 5.41) is 13.6. The maximum atomic E-state index is 11.7. The third-order valence-corrected chi connectivity index (χ3v) is 3.71. The molecule has 0 saturated heterocycles. The van der Waals surface area contributed by atoms with Crippen molar-refractivity contribution in [1.82, 2.24) is 5.32 Å². The molecule has 1 heterocycles. The van der Waals surface area contributed by atoms with Crippen molar-refractivity contribution >= 4 is 23.2 Å². The average Bonchev–Trinajstić information content (AvgIpc) is 2.97. The smallest absolute Gasteiger partial charge is 0.335 e.